The lowest BCUT2D eigenvalue weighted by Gasteiger charge is -2.60. The van der Waals surface area contributed by atoms with Crippen LogP contribution in [-0.2, 0) is 0 Å². The third-order valence-electron chi connectivity index (χ3n) is 8.56. The van der Waals surface area contributed by atoms with Crippen LogP contribution in [0.5, 0.6) is 0 Å². The lowest BCUT2D eigenvalue weighted by Crippen LogP contribution is -2.53. The van der Waals surface area contributed by atoms with E-state index in [1.54, 1.807) is 0 Å². The first kappa shape index (κ1) is 21.2. The van der Waals surface area contributed by atoms with E-state index >= 15 is 0 Å². The molecule has 2 heteroatoms. The van der Waals surface area contributed by atoms with Gasteiger partial charge in [-0.3, -0.25) is 0 Å². The van der Waals surface area contributed by atoms with Crippen molar-refractivity contribution < 1.29 is 10.2 Å². The maximum Gasteiger partial charge on any atom is 0.0855 e. The van der Waals surface area contributed by atoms with Crippen molar-refractivity contribution in [3.05, 3.63) is 0 Å². The summed E-state index contributed by atoms with van der Waals surface area (Å²) in [4.78, 5) is 0. The van der Waals surface area contributed by atoms with Gasteiger partial charge in [0.05, 0.1) is 12.2 Å². The third kappa shape index (κ3) is 3.31. The van der Waals surface area contributed by atoms with E-state index in [1.807, 2.05) is 27.7 Å². The highest BCUT2D eigenvalue weighted by Gasteiger charge is 2.61. The van der Waals surface area contributed by atoms with Crippen molar-refractivity contribution in [2.75, 3.05) is 0 Å². The summed E-state index contributed by atoms with van der Waals surface area (Å²) >= 11 is 0. The monoisotopic (exact) mass is 352 g/mol. The Bertz CT molecular complexity index is 422. The van der Waals surface area contributed by atoms with E-state index < -0.39 is 12.2 Å². The summed E-state index contributed by atoms with van der Waals surface area (Å²) in [6, 6.07) is 0. The van der Waals surface area contributed by atoms with Crippen molar-refractivity contribution in [3.8, 4) is 0 Å². The maximum atomic E-state index is 10.5. The van der Waals surface area contributed by atoms with Gasteiger partial charge in [0.15, 0.2) is 0 Å². The number of aliphatic hydroxyl groups is 2. The minimum Gasteiger partial charge on any atom is -0.390 e. The number of fused-ring (bicyclic) bond motifs is 5. The van der Waals surface area contributed by atoms with Gasteiger partial charge in [-0.2, -0.15) is 0 Å². The Balaban J connectivity index is 0.000000528. The van der Waals surface area contributed by atoms with Gasteiger partial charge in [0, 0.05) is 0 Å². The molecule has 0 heterocycles. The standard InChI is InChI=1S/C19H32O2.2C2H6/c1-18-9-4-3-5-12(18)6-7-13-14(18)8-10-19(2)15(13)11-16(20)17(19)21;2*1-2/h12-17,20-21H,3-11H2,1-2H3;2*1-2H3/t12-,13?,14?,15?,16-,17+,18+,19+;;/m1../s1. The quantitative estimate of drug-likeness (QED) is 0.578. The molecule has 0 bridgehead atoms. The molecule has 25 heavy (non-hydrogen) atoms. The molecule has 4 fully saturated rings. The van der Waals surface area contributed by atoms with Crippen molar-refractivity contribution in [2.45, 2.75) is 112 Å². The third-order valence-corrected chi connectivity index (χ3v) is 8.56. The van der Waals surface area contributed by atoms with Crippen LogP contribution < -0.4 is 0 Å². The molecule has 4 aliphatic rings. The maximum absolute atomic E-state index is 10.5. The molecule has 148 valence electrons. The van der Waals surface area contributed by atoms with Gasteiger partial charge in [-0.1, -0.05) is 54.4 Å². The van der Waals surface area contributed by atoms with Gasteiger partial charge >= 0.3 is 0 Å². The van der Waals surface area contributed by atoms with Crippen molar-refractivity contribution >= 4 is 0 Å². The number of hydrogen-bond acceptors (Lipinski definition) is 2. The molecular weight excluding hydrogens is 308 g/mol. The Labute approximate surface area is 156 Å². The molecular formula is C23H44O2. The van der Waals surface area contributed by atoms with Crippen LogP contribution in [0.1, 0.15) is 99.3 Å². The highest BCUT2D eigenvalue weighted by atomic mass is 16.3. The van der Waals surface area contributed by atoms with Crippen LogP contribution in [0, 0.1) is 34.5 Å². The van der Waals surface area contributed by atoms with Crippen molar-refractivity contribution in [3.63, 3.8) is 0 Å². The Morgan fingerprint density at radius 3 is 2.08 bits per heavy atom. The number of rotatable bonds is 0. The summed E-state index contributed by atoms with van der Waals surface area (Å²) in [6.07, 6.45) is 10.8. The minimum atomic E-state index is -0.486. The topological polar surface area (TPSA) is 40.5 Å². The normalized spacial score (nSPS) is 50.9. The van der Waals surface area contributed by atoms with Gasteiger partial charge in [-0.25, -0.2) is 0 Å². The SMILES string of the molecule is CC.CC.C[C@]12CCC3C(CC[C@H]4CCCC[C@]34C)C1C[C@@H](O)[C@@H]2O. The van der Waals surface area contributed by atoms with Crippen molar-refractivity contribution in [1.82, 2.24) is 0 Å². The molecule has 8 atom stereocenters. The lowest BCUT2D eigenvalue weighted by molar-refractivity contribution is -0.123. The van der Waals surface area contributed by atoms with Crippen LogP contribution in [0.2, 0.25) is 0 Å². The van der Waals surface area contributed by atoms with Gasteiger partial charge in [0.25, 0.3) is 0 Å². The second-order valence-corrected chi connectivity index (χ2v) is 9.20. The van der Waals surface area contributed by atoms with E-state index in [2.05, 4.69) is 13.8 Å². The molecule has 3 unspecified atom stereocenters. The molecule has 4 aliphatic carbocycles. The second kappa shape index (κ2) is 8.30. The number of hydrogen-bond donors (Lipinski definition) is 2. The zero-order valence-corrected chi connectivity index (χ0v) is 17.7. The van der Waals surface area contributed by atoms with Crippen LogP contribution in [0.4, 0.5) is 0 Å². The fraction of sp³-hybridized carbons (Fsp3) is 1.00. The fourth-order valence-corrected chi connectivity index (χ4v) is 7.28. The molecule has 0 aromatic rings. The van der Waals surface area contributed by atoms with Crippen LogP contribution in [0.3, 0.4) is 0 Å². The largest absolute Gasteiger partial charge is 0.390 e. The average Bonchev–Trinajstić information content (AvgIpc) is 2.88. The zero-order chi connectivity index (χ0) is 18.8. The molecule has 2 nitrogen and oxygen atoms in total. The van der Waals surface area contributed by atoms with E-state index in [0.717, 1.165) is 30.6 Å². The first-order valence-corrected chi connectivity index (χ1v) is 11.3. The van der Waals surface area contributed by atoms with Crippen LogP contribution in [-0.4, -0.2) is 22.4 Å². The van der Waals surface area contributed by atoms with Crippen LogP contribution in [0.15, 0.2) is 0 Å². The highest BCUT2D eigenvalue weighted by molar-refractivity contribution is 5.10. The average molecular weight is 353 g/mol. The molecule has 0 aromatic carbocycles. The van der Waals surface area contributed by atoms with Crippen molar-refractivity contribution in [2.24, 2.45) is 34.5 Å². The van der Waals surface area contributed by atoms with Gasteiger partial charge in [-0.15, -0.1) is 0 Å². The molecule has 4 saturated carbocycles. The predicted molar refractivity (Wildman–Crippen MR) is 106 cm³/mol. The summed E-state index contributed by atoms with van der Waals surface area (Å²) in [5.74, 6) is 3.12. The summed E-state index contributed by atoms with van der Waals surface area (Å²) in [7, 11) is 0. The van der Waals surface area contributed by atoms with Gasteiger partial charge in [-0.05, 0) is 79.4 Å². The fourth-order valence-electron chi connectivity index (χ4n) is 7.28. The highest BCUT2D eigenvalue weighted by Crippen LogP contribution is 2.66. The van der Waals surface area contributed by atoms with Crippen LogP contribution in [0.25, 0.3) is 0 Å². The summed E-state index contributed by atoms with van der Waals surface area (Å²) in [5.41, 5.74) is 0.541. The summed E-state index contributed by atoms with van der Waals surface area (Å²) in [6.45, 7) is 12.8. The summed E-state index contributed by atoms with van der Waals surface area (Å²) < 4.78 is 0. The van der Waals surface area contributed by atoms with E-state index in [4.69, 9.17) is 0 Å². The number of aliphatic hydroxyl groups excluding tert-OH is 2. The molecule has 0 radical (unpaired) electrons. The van der Waals surface area contributed by atoms with Crippen molar-refractivity contribution in [1.29, 1.82) is 0 Å². The Hall–Kier alpha value is -0.0800. The van der Waals surface area contributed by atoms with Gasteiger partial charge in [0.2, 0.25) is 0 Å². The zero-order valence-electron chi connectivity index (χ0n) is 17.7. The molecule has 2 N–H and O–H groups in total. The second-order valence-electron chi connectivity index (χ2n) is 9.20. The first-order valence-electron chi connectivity index (χ1n) is 11.3. The Morgan fingerprint density at radius 1 is 0.720 bits per heavy atom. The predicted octanol–water partition coefficient (Wildman–Crippen LogP) is 5.80. The van der Waals surface area contributed by atoms with E-state index in [9.17, 15) is 10.2 Å². The Kier molecular flexibility index (Phi) is 7.04. The minimum absolute atomic E-state index is 0.0154. The first-order chi connectivity index (χ1) is 12.0. The van der Waals surface area contributed by atoms with E-state index in [1.165, 1.54) is 44.9 Å². The van der Waals surface area contributed by atoms with Gasteiger partial charge in [0.1, 0.15) is 0 Å². The Morgan fingerprint density at radius 2 is 1.40 bits per heavy atom. The molecule has 0 amide bonds. The summed E-state index contributed by atoms with van der Waals surface area (Å²) in [5, 5.41) is 20.7. The molecule has 0 saturated heterocycles. The van der Waals surface area contributed by atoms with E-state index in [0.29, 0.717) is 11.3 Å². The molecule has 0 aliphatic heterocycles. The molecule has 4 rings (SSSR count). The van der Waals surface area contributed by atoms with Crippen LogP contribution >= 0.6 is 0 Å². The van der Waals surface area contributed by atoms with E-state index in [-0.39, 0.29) is 5.41 Å². The molecule has 0 spiro atoms. The van der Waals surface area contributed by atoms with Gasteiger partial charge < -0.3 is 10.2 Å². The smallest absolute Gasteiger partial charge is 0.0855 e. The lowest BCUT2D eigenvalue weighted by atomic mass is 9.45. The molecule has 0 aromatic heterocycles.